The van der Waals surface area contributed by atoms with Gasteiger partial charge in [-0.25, -0.2) is 0 Å². The van der Waals surface area contributed by atoms with Crippen molar-refractivity contribution in [3.05, 3.63) is 22.0 Å². The molecule has 1 unspecified atom stereocenters. The van der Waals surface area contributed by atoms with Crippen LogP contribution in [0.4, 0.5) is 0 Å². The van der Waals surface area contributed by atoms with Crippen LogP contribution in [-0.4, -0.2) is 11.8 Å². The standard InChI is InChI=1S/C19H31OP/c1-19(2,3)21(4,20)18-13-14-9-5-6-10-15(14)16-11-7-8-12-17(16)18/h14H,5-13H2,1-4H3/t14-,21?/m0/s1. The lowest BCUT2D eigenvalue weighted by molar-refractivity contribution is 0.431. The highest BCUT2D eigenvalue weighted by molar-refractivity contribution is 7.68. The van der Waals surface area contributed by atoms with Crippen molar-refractivity contribution in [3.63, 3.8) is 0 Å². The third-order valence-electron chi connectivity index (χ3n) is 6.18. The maximum atomic E-state index is 13.6. The number of hydrogen-bond acceptors (Lipinski definition) is 1. The van der Waals surface area contributed by atoms with E-state index >= 15 is 0 Å². The summed E-state index contributed by atoms with van der Waals surface area (Å²) < 4.78 is 13.6. The molecule has 1 nitrogen and oxygen atoms in total. The number of hydrogen-bond donors (Lipinski definition) is 0. The minimum absolute atomic E-state index is 0.0932. The average Bonchev–Trinajstić information content (AvgIpc) is 2.45. The Morgan fingerprint density at radius 2 is 1.57 bits per heavy atom. The Kier molecular flexibility index (Phi) is 4.02. The van der Waals surface area contributed by atoms with Crippen molar-refractivity contribution in [2.45, 2.75) is 83.7 Å². The summed E-state index contributed by atoms with van der Waals surface area (Å²) in [5.74, 6) is 0.723. The first kappa shape index (κ1) is 15.6. The van der Waals surface area contributed by atoms with Crippen LogP contribution in [0.2, 0.25) is 0 Å². The van der Waals surface area contributed by atoms with Gasteiger partial charge in [-0.05, 0) is 80.4 Å². The van der Waals surface area contributed by atoms with Crippen molar-refractivity contribution in [1.82, 2.24) is 0 Å². The quantitative estimate of drug-likeness (QED) is 0.505. The van der Waals surface area contributed by atoms with Gasteiger partial charge in [0.2, 0.25) is 0 Å². The van der Waals surface area contributed by atoms with E-state index < -0.39 is 7.14 Å². The Hall–Kier alpha value is -0.290. The third-order valence-corrected chi connectivity index (χ3v) is 10.2. The number of rotatable bonds is 1. The Labute approximate surface area is 130 Å². The zero-order valence-corrected chi connectivity index (χ0v) is 15.2. The molecule has 0 bridgehead atoms. The summed E-state index contributed by atoms with van der Waals surface area (Å²) in [5.41, 5.74) is 4.99. The topological polar surface area (TPSA) is 17.1 Å². The van der Waals surface area contributed by atoms with Gasteiger partial charge in [-0.1, -0.05) is 32.8 Å². The smallest absolute Gasteiger partial charge is 0.114 e. The van der Waals surface area contributed by atoms with Crippen LogP contribution in [0, 0.1) is 5.92 Å². The third kappa shape index (κ3) is 2.61. The number of fused-ring (bicyclic) bond motifs is 2. The maximum Gasteiger partial charge on any atom is 0.114 e. The average molecular weight is 306 g/mol. The Bertz CT molecular complexity index is 544. The number of allylic oxidation sites excluding steroid dienone is 4. The van der Waals surface area contributed by atoms with Crippen LogP contribution in [0.3, 0.4) is 0 Å². The summed E-state index contributed by atoms with van der Waals surface area (Å²) >= 11 is 0. The molecule has 2 fully saturated rings. The van der Waals surface area contributed by atoms with Gasteiger partial charge < -0.3 is 4.57 Å². The molecule has 0 N–H and O–H groups in total. The van der Waals surface area contributed by atoms with Crippen LogP contribution in [0.1, 0.15) is 78.6 Å². The van der Waals surface area contributed by atoms with Crippen LogP contribution in [0.25, 0.3) is 0 Å². The predicted molar refractivity (Wildman–Crippen MR) is 92.4 cm³/mol. The molecule has 2 saturated carbocycles. The fourth-order valence-electron chi connectivity index (χ4n) is 4.48. The van der Waals surface area contributed by atoms with E-state index in [-0.39, 0.29) is 5.16 Å². The van der Waals surface area contributed by atoms with Crippen LogP contribution in [-0.2, 0) is 4.57 Å². The van der Waals surface area contributed by atoms with E-state index in [9.17, 15) is 4.57 Å². The molecule has 0 spiro atoms. The molecule has 0 aromatic rings. The maximum absolute atomic E-state index is 13.6. The second-order valence-corrected chi connectivity index (χ2v) is 12.1. The zero-order valence-electron chi connectivity index (χ0n) is 14.3. The van der Waals surface area contributed by atoms with E-state index in [2.05, 4.69) is 27.4 Å². The fourth-order valence-corrected chi connectivity index (χ4v) is 6.62. The highest BCUT2D eigenvalue weighted by Crippen LogP contribution is 2.67. The monoisotopic (exact) mass is 306 g/mol. The summed E-state index contributed by atoms with van der Waals surface area (Å²) in [6, 6.07) is 0. The minimum Gasteiger partial charge on any atom is -0.319 e. The van der Waals surface area contributed by atoms with Gasteiger partial charge >= 0.3 is 0 Å². The van der Waals surface area contributed by atoms with E-state index in [1.807, 2.05) is 0 Å². The second-order valence-electron chi connectivity index (χ2n) is 8.38. The molecule has 0 aromatic heterocycles. The second kappa shape index (κ2) is 5.41. The predicted octanol–water partition coefficient (Wildman–Crippen LogP) is 6.50. The Morgan fingerprint density at radius 3 is 2.24 bits per heavy atom. The van der Waals surface area contributed by atoms with Gasteiger partial charge in [-0.15, -0.1) is 0 Å². The van der Waals surface area contributed by atoms with E-state index in [4.69, 9.17) is 0 Å². The molecule has 3 rings (SSSR count). The van der Waals surface area contributed by atoms with Crippen LogP contribution < -0.4 is 0 Å². The molecule has 0 radical (unpaired) electrons. The molecule has 0 aromatic carbocycles. The minimum atomic E-state index is -2.26. The molecule has 0 amide bonds. The van der Waals surface area contributed by atoms with Crippen molar-refractivity contribution in [1.29, 1.82) is 0 Å². The fraction of sp³-hybridized carbons (Fsp3) is 0.789. The Morgan fingerprint density at radius 1 is 0.952 bits per heavy atom. The Balaban J connectivity index is 2.12. The van der Waals surface area contributed by atoms with Crippen molar-refractivity contribution in [3.8, 4) is 0 Å². The van der Waals surface area contributed by atoms with Crippen molar-refractivity contribution < 1.29 is 4.57 Å². The summed E-state index contributed by atoms with van der Waals surface area (Å²) in [4.78, 5) is 0. The van der Waals surface area contributed by atoms with Crippen molar-refractivity contribution in [2.75, 3.05) is 6.66 Å². The lowest BCUT2D eigenvalue weighted by Crippen LogP contribution is -2.24. The molecule has 118 valence electrons. The molecule has 2 heteroatoms. The van der Waals surface area contributed by atoms with Crippen molar-refractivity contribution >= 4 is 7.14 Å². The zero-order chi connectivity index (χ0) is 15.3. The summed E-state index contributed by atoms with van der Waals surface area (Å²) in [6.45, 7) is 8.58. The molecular formula is C19H31OP. The van der Waals surface area contributed by atoms with Crippen LogP contribution in [0.15, 0.2) is 22.0 Å². The first-order valence-corrected chi connectivity index (χ1v) is 11.0. The first-order valence-electron chi connectivity index (χ1n) is 8.85. The lowest BCUT2D eigenvalue weighted by atomic mass is 9.71. The summed E-state index contributed by atoms with van der Waals surface area (Å²) in [5, 5.41) is 1.30. The molecule has 0 aliphatic heterocycles. The van der Waals surface area contributed by atoms with Gasteiger partial charge in [0.15, 0.2) is 0 Å². The molecule has 3 aliphatic carbocycles. The SMILES string of the molecule is CC(C)(C)P(C)(=O)C1=C2CCCCC2=C2CCCC[C@H]2C1. The molecule has 21 heavy (non-hydrogen) atoms. The van der Waals surface area contributed by atoms with Gasteiger partial charge in [0.25, 0.3) is 0 Å². The molecule has 0 saturated heterocycles. The largest absolute Gasteiger partial charge is 0.319 e. The van der Waals surface area contributed by atoms with Gasteiger partial charge in [0.1, 0.15) is 7.14 Å². The first-order chi connectivity index (χ1) is 9.82. The molecule has 0 heterocycles. The van der Waals surface area contributed by atoms with E-state index in [0.717, 1.165) is 12.3 Å². The van der Waals surface area contributed by atoms with Gasteiger partial charge in [-0.3, -0.25) is 0 Å². The summed E-state index contributed by atoms with van der Waals surface area (Å²) in [6.07, 6.45) is 11.6. The van der Waals surface area contributed by atoms with Crippen LogP contribution >= 0.6 is 7.14 Å². The van der Waals surface area contributed by atoms with Gasteiger partial charge in [-0.2, -0.15) is 0 Å². The van der Waals surface area contributed by atoms with Crippen molar-refractivity contribution in [2.24, 2.45) is 5.92 Å². The lowest BCUT2D eigenvalue weighted by Gasteiger charge is -2.42. The van der Waals surface area contributed by atoms with Gasteiger partial charge in [0, 0.05) is 5.16 Å². The molecule has 3 aliphatic rings. The van der Waals surface area contributed by atoms with Crippen LogP contribution in [0.5, 0.6) is 0 Å². The highest BCUT2D eigenvalue weighted by atomic mass is 31.2. The summed E-state index contributed by atoms with van der Waals surface area (Å²) in [7, 11) is -2.26. The van der Waals surface area contributed by atoms with E-state index in [0.29, 0.717) is 0 Å². The van der Waals surface area contributed by atoms with E-state index in [1.165, 1.54) is 56.7 Å². The normalized spacial score (nSPS) is 29.8. The molecular weight excluding hydrogens is 275 g/mol. The highest BCUT2D eigenvalue weighted by Gasteiger charge is 2.41. The molecule has 2 atom stereocenters. The van der Waals surface area contributed by atoms with Gasteiger partial charge in [0.05, 0.1) is 0 Å². The van der Waals surface area contributed by atoms with E-state index in [1.54, 1.807) is 16.7 Å².